The van der Waals surface area contributed by atoms with Gasteiger partial charge in [-0.15, -0.1) is 11.3 Å². The quantitative estimate of drug-likeness (QED) is 0.169. The average molecular weight is 654 g/mol. The maximum Gasteiger partial charge on any atom is 0.147 e. The number of fused-ring (bicyclic) bond motifs is 7. The summed E-state index contributed by atoms with van der Waals surface area (Å²) in [7, 11) is 0. The molecule has 0 aliphatic heterocycles. The third-order valence-corrected chi connectivity index (χ3v) is 11.2. The first-order valence-corrected chi connectivity index (χ1v) is 17.9. The second-order valence-corrected chi connectivity index (χ2v) is 14.8. The van der Waals surface area contributed by atoms with E-state index in [0.29, 0.717) is 5.56 Å². The van der Waals surface area contributed by atoms with Crippen molar-refractivity contribution < 1.29 is 4.11 Å². The van der Waals surface area contributed by atoms with Gasteiger partial charge in [-0.1, -0.05) is 113 Å². The summed E-state index contributed by atoms with van der Waals surface area (Å²) in [6, 6.07) is 44.7. The number of aryl methyl sites for hydroxylation is 1. The molecule has 7 aromatic carbocycles. The van der Waals surface area contributed by atoms with Gasteiger partial charge in [0.25, 0.3) is 0 Å². The van der Waals surface area contributed by atoms with E-state index in [1.165, 1.54) is 27.6 Å². The third kappa shape index (κ3) is 4.71. The Morgan fingerprint density at radius 1 is 0.633 bits per heavy atom. The number of rotatable bonds is 5. The number of aromatic nitrogens is 2. The lowest BCUT2D eigenvalue weighted by Crippen LogP contribution is -2.09. The van der Waals surface area contributed by atoms with Gasteiger partial charge in [-0.05, 0) is 111 Å². The van der Waals surface area contributed by atoms with Gasteiger partial charge < -0.3 is 0 Å². The summed E-state index contributed by atoms with van der Waals surface area (Å²) in [6.45, 7) is 6.77. The van der Waals surface area contributed by atoms with E-state index in [2.05, 4.69) is 141 Å². The molecule has 0 aliphatic rings. The van der Waals surface area contributed by atoms with Crippen LogP contribution in [0.5, 0.6) is 0 Å². The van der Waals surface area contributed by atoms with Crippen molar-refractivity contribution in [1.82, 2.24) is 9.55 Å². The Morgan fingerprint density at radius 3 is 2.12 bits per heavy atom. The van der Waals surface area contributed by atoms with Crippen molar-refractivity contribution in [3.8, 4) is 28.2 Å². The van der Waals surface area contributed by atoms with E-state index < -0.39 is 6.85 Å². The highest BCUT2D eigenvalue weighted by molar-refractivity contribution is 7.26. The highest BCUT2D eigenvalue weighted by Crippen LogP contribution is 2.46. The Balaban J connectivity index is 1.40. The Labute approximate surface area is 295 Å². The van der Waals surface area contributed by atoms with Crippen LogP contribution in [-0.2, 0) is 0 Å². The standard InChI is InChI=1S/C46H38N2S/c1-27(2)36-23-33(30-13-7-6-8-14-30)24-37(28(3)4)44(36)48-41-18-12-11-17-40(41)47-46(48)35-22-19-29(5)43-39-26-38-32(25-42(39)49-45(35)43)21-20-31-15-9-10-16-34(31)38/h6-28H,1-5H3/i5D3. The minimum absolute atomic E-state index is 0.231. The molecule has 0 N–H and O–H groups in total. The molecule has 0 spiro atoms. The van der Waals surface area contributed by atoms with E-state index in [1.54, 1.807) is 11.3 Å². The summed E-state index contributed by atoms with van der Waals surface area (Å²) in [5.74, 6) is 1.28. The van der Waals surface area contributed by atoms with Gasteiger partial charge in [0.2, 0.25) is 0 Å². The molecular formula is C46H38N2S. The normalized spacial score (nSPS) is 13.3. The van der Waals surface area contributed by atoms with Crippen LogP contribution in [0.3, 0.4) is 0 Å². The summed E-state index contributed by atoms with van der Waals surface area (Å²) in [6.07, 6.45) is 0. The molecule has 3 heteroatoms. The number of hydrogen-bond donors (Lipinski definition) is 0. The van der Waals surface area contributed by atoms with Gasteiger partial charge >= 0.3 is 0 Å². The molecule has 0 bridgehead atoms. The van der Waals surface area contributed by atoms with Crippen LogP contribution in [0.25, 0.3) is 81.0 Å². The zero-order chi connectivity index (χ0) is 35.9. The molecule has 2 aromatic heterocycles. The predicted octanol–water partition coefficient (Wildman–Crippen LogP) is 13.6. The van der Waals surface area contributed by atoms with E-state index in [4.69, 9.17) is 9.10 Å². The molecule has 0 saturated carbocycles. The van der Waals surface area contributed by atoms with Crippen molar-refractivity contribution in [3.05, 3.63) is 144 Å². The topological polar surface area (TPSA) is 17.8 Å². The van der Waals surface area contributed by atoms with Crippen molar-refractivity contribution in [2.75, 3.05) is 0 Å². The van der Waals surface area contributed by atoms with Crippen LogP contribution in [0.4, 0.5) is 0 Å². The monoisotopic (exact) mass is 653 g/mol. The van der Waals surface area contributed by atoms with Crippen molar-refractivity contribution in [2.45, 2.75) is 46.4 Å². The van der Waals surface area contributed by atoms with Gasteiger partial charge in [-0.3, -0.25) is 4.57 Å². The summed E-state index contributed by atoms with van der Waals surface area (Å²) in [5, 5.41) is 6.36. The minimum Gasteiger partial charge on any atom is -0.292 e. The molecule has 2 heterocycles. The molecule has 0 fully saturated rings. The molecule has 9 rings (SSSR count). The number of hydrogen-bond acceptors (Lipinski definition) is 2. The highest BCUT2D eigenvalue weighted by Gasteiger charge is 2.25. The Hall–Kier alpha value is -5.25. The van der Waals surface area contributed by atoms with Crippen molar-refractivity contribution in [3.63, 3.8) is 0 Å². The summed E-state index contributed by atoms with van der Waals surface area (Å²) >= 11 is 1.66. The molecule has 0 saturated heterocycles. The predicted molar refractivity (Wildman–Crippen MR) is 213 cm³/mol. The summed E-state index contributed by atoms with van der Waals surface area (Å²) in [5.41, 5.74) is 9.29. The molecule has 0 aliphatic carbocycles. The number of para-hydroxylation sites is 2. The van der Waals surface area contributed by atoms with Crippen molar-refractivity contribution in [1.29, 1.82) is 0 Å². The van der Waals surface area contributed by atoms with Crippen LogP contribution in [0.15, 0.2) is 127 Å². The number of benzene rings is 7. The van der Waals surface area contributed by atoms with Crippen molar-refractivity contribution in [2.24, 2.45) is 0 Å². The highest BCUT2D eigenvalue weighted by atomic mass is 32.1. The molecule has 238 valence electrons. The van der Waals surface area contributed by atoms with Gasteiger partial charge in [0, 0.05) is 29.8 Å². The second kappa shape index (κ2) is 11.4. The molecule has 9 aromatic rings. The lowest BCUT2D eigenvalue weighted by atomic mass is 9.88. The Bertz CT molecular complexity index is 2810. The third-order valence-electron chi connectivity index (χ3n) is 10.0. The van der Waals surface area contributed by atoms with Crippen LogP contribution in [0.2, 0.25) is 0 Å². The van der Waals surface area contributed by atoms with Crippen LogP contribution < -0.4 is 0 Å². The van der Waals surface area contributed by atoms with Crippen LogP contribution in [0.1, 0.15) is 60.3 Å². The van der Waals surface area contributed by atoms with Gasteiger partial charge in [-0.2, -0.15) is 0 Å². The molecule has 0 unspecified atom stereocenters. The first-order valence-electron chi connectivity index (χ1n) is 18.6. The average Bonchev–Trinajstić information content (AvgIpc) is 3.71. The molecular weight excluding hydrogens is 613 g/mol. The van der Waals surface area contributed by atoms with Gasteiger partial charge in [-0.25, -0.2) is 4.98 Å². The zero-order valence-electron chi connectivity index (χ0n) is 31.1. The van der Waals surface area contributed by atoms with E-state index in [-0.39, 0.29) is 11.8 Å². The fourth-order valence-electron chi connectivity index (χ4n) is 7.60. The fraction of sp³-hybridized carbons (Fsp3) is 0.152. The number of thiophene rings is 1. The summed E-state index contributed by atoms with van der Waals surface area (Å²) in [4.78, 5) is 5.38. The van der Waals surface area contributed by atoms with Crippen molar-refractivity contribution >= 4 is 64.1 Å². The Morgan fingerprint density at radius 2 is 1.35 bits per heavy atom. The first-order chi connectivity index (χ1) is 25.1. The minimum atomic E-state index is -2.29. The maximum atomic E-state index is 8.66. The number of nitrogens with zero attached hydrogens (tertiary/aromatic N) is 2. The van der Waals surface area contributed by atoms with Crippen LogP contribution >= 0.6 is 11.3 Å². The van der Waals surface area contributed by atoms with E-state index >= 15 is 0 Å². The van der Waals surface area contributed by atoms with E-state index in [1.807, 2.05) is 18.2 Å². The lowest BCUT2D eigenvalue weighted by molar-refractivity contribution is 0.812. The second-order valence-electron chi connectivity index (χ2n) is 13.8. The van der Waals surface area contributed by atoms with Gasteiger partial charge in [0.1, 0.15) is 5.82 Å². The zero-order valence-corrected chi connectivity index (χ0v) is 28.9. The molecule has 0 amide bonds. The van der Waals surface area contributed by atoms with Gasteiger partial charge in [0.05, 0.1) is 16.7 Å². The van der Waals surface area contributed by atoms with Crippen LogP contribution in [0, 0.1) is 6.85 Å². The molecule has 0 atom stereocenters. The fourth-order valence-corrected chi connectivity index (χ4v) is 8.87. The largest absolute Gasteiger partial charge is 0.292 e. The van der Waals surface area contributed by atoms with Gasteiger partial charge in [0.15, 0.2) is 0 Å². The SMILES string of the molecule is [2H]C([2H])([2H])c1ccc(-c2nc3ccccc3n2-c2c(C(C)C)cc(-c3ccccc3)cc2C(C)C)c2sc3cc4ccc5ccccc5c4cc3c12. The van der Waals surface area contributed by atoms with E-state index in [9.17, 15) is 0 Å². The number of imidazole rings is 1. The first kappa shape index (κ1) is 26.7. The molecule has 0 radical (unpaired) electrons. The summed E-state index contributed by atoms with van der Waals surface area (Å²) < 4.78 is 30.3. The Kier molecular flexibility index (Phi) is 6.22. The smallest absolute Gasteiger partial charge is 0.147 e. The maximum absolute atomic E-state index is 8.66. The van der Waals surface area contributed by atoms with Crippen LogP contribution in [-0.4, -0.2) is 9.55 Å². The molecule has 49 heavy (non-hydrogen) atoms. The van der Waals surface area contributed by atoms with E-state index in [0.717, 1.165) is 64.4 Å². The molecule has 2 nitrogen and oxygen atoms in total. The lowest BCUT2D eigenvalue weighted by Gasteiger charge is -2.24.